The van der Waals surface area contributed by atoms with Crippen molar-refractivity contribution in [3.05, 3.63) is 11.4 Å². The number of hydrogen-bond donors (Lipinski definition) is 3. The number of carbonyl (C=O) groups is 1. The second-order valence-electron chi connectivity index (χ2n) is 4.78. The van der Waals surface area contributed by atoms with Gasteiger partial charge in [-0.25, -0.2) is 0 Å². The molecule has 1 atom stereocenters. The lowest BCUT2D eigenvalue weighted by molar-refractivity contribution is 0.0719. The summed E-state index contributed by atoms with van der Waals surface area (Å²) in [6, 6.07) is 0. The molecule has 0 bridgehead atoms. The van der Waals surface area contributed by atoms with Gasteiger partial charge in [0.1, 0.15) is 5.69 Å². The van der Waals surface area contributed by atoms with E-state index in [2.05, 4.69) is 10.4 Å². The molecular weight excluding hydrogens is 264 g/mol. The molecule has 0 fully saturated rings. The van der Waals surface area contributed by atoms with Crippen molar-refractivity contribution in [2.45, 2.75) is 32.9 Å². The summed E-state index contributed by atoms with van der Waals surface area (Å²) in [5, 5.41) is 16.9. The quantitative estimate of drug-likeness (QED) is 0.713. The lowest BCUT2D eigenvalue weighted by atomic mass is 10.1. The zero-order valence-corrected chi connectivity index (χ0v) is 12.7. The number of carbonyl (C=O) groups excluding carboxylic acids is 1. The van der Waals surface area contributed by atoms with Gasteiger partial charge in [-0.15, -0.1) is 0 Å². The Morgan fingerprint density at radius 2 is 2.26 bits per heavy atom. The average Bonchev–Trinajstić information content (AvgIpc) is 2.62. The Balaban J connectivity index is 2.79. The van der Waals surface area contributed by atoms with Gasteiger partial charge in [-0.1, -0.05) is 0 Å². The van der Waals surface area contributed by atoms with Gasteiger partial charge in [0.15, 0.2) is 0 Å². The molecule has 1 rings (SSSR count). The van der Waals surface area contributed by atoms with E-state index in [1.54, 1.807) is 18.5 Å². The number of aliphatic hydroxyl groups is 1. The van der Waals surface area contributed by atoms with Crippen LogP contribution in [-0.4, -0.2) is 44.9 Å². The molecule has 1 amide bonds. The van der Waals surface area contributed by atoms with Gasteiger partial charge in [-0.05, 0) is 27.0 Å². The van der Waals surface area contributed by atoms with Gasteiger partial charge < -0.3 is 16.2 Å². The van der Waals surface area contributed by atoms with Crippen molar-refractivity contribution in [3.63, 3.8) is 0 Å². The molecule has 0 radical (unpaired) electrons. The van der Waals surface area contributed by atoms with E-state index in [1.807, 2.05) is 13.2 Å². The van der Waals surface area contributed by atoms with Crippen LogP contribution in [0.5, 0.6) is 0 Å². The van der Waals surface area contributed by atoms with Crippen molar-refractivity contribution < 1.29 is 9.90 Å². The molecule has 0 spiro atoms. The summed E-state index contributed by atoms with van der Waals surface area (Å²) in [6.07, 6.45) is 1.91. The molecule has 0 aliphatic carbocycles. The van der Waals surface area contributed by atoms with Crippen LogP contribution in [0.1, 0.15) is 30.0 Å². The number of rotatable bonds is 6. The van der Waals surface area contributed by atoms with Gasteiger partial charge in [0.05, 0.1) is 17.0 Å². The highest BCUT2D eigenvalue weighted by molar-refractivity contribution is 7.98. The van der Waals surface area contributed by atoms with Crippen LogP contribution in [-0.2, 0) is 6.54 Å². The highest BCUT2D eigenvalue weighted by Gasteiger charge is 2.24. The summed E-state index contributed by atoms with van der Waals surface area (Å²) in [6.45, 7) is 6.10. The second kappa shape index (κ2) is 6.29. The maximum atomic E-state index is 12.1. The molecular formula is C12H22N4O2S. The number of aryl methyl sites for hydroxylation is 2. The molecule has 0 aromatic carbocycles. The van der Waals surface area contributed by atoms with Crippen molar-refractivity contribution in [2.75, 3.05) is 24.3 Å². The Kier molecular flexibility index (Phi) is 5.25. The Bertz CT molecular complexity index is 457. The number of nitrogen functional groups attached to an aromatic ring is 1. The van der Waals surface area contributed by atoms with Crippen molar-refractivity contribution in [1.29, 1.82) is 0 Å². The first-order chi connectivity index (χ1) is 8.82. The van der Waals surface area contributed by atoms with Crippen LogP contribution < -0.4 is 11.1 Å². The Morgan fingerprint density at radius 3 is 2.79 bits per heavy atom. The van der Waals surface area contributed by atoms with E-state index in [9.17, 15) is 9.90 Å². The van der Waals surface area contributed by atoms with Crippen molar-refractivity contribution >= 4 is 23.4 Å². The summed E-state index contributed by atoms with van der Waals surface area (Å²) >= 11 is 1.53. The van der Waals surface area contributed by atoms with Gasteiger partial charge in [0, 0.05) is 18.8 Å². The number of nitrogens with one attached hydrogen (secondary N) is 1. The van der Waals surface area contributed by atoms with E-state index in [0.717, 1.165) is 0 Å². The molecule has 1 aromatic rings. The number of anilines is 1. The van der Waals surface area contributed by atoms with Crippen molar-refractivity contribution in [1.82, 2.24) is 15.1 Å². The molecule has 108 valence electrons. The largest absolute Gasteiger partial charge is 0.395 e. The van der Waals surface area contributed by atoms with Gasteiger partial charge in [-0.3, -0.25) is 9.48 Å². The zero-order valence-electron chi connectivity index (χ0n) is 11.9. The summed E-state index contributed by atoms with van der Waals surface area (Å²) < 4.78 is 1.57. The van der Waals surface area contributed by atoms with Crippen LogP contribution in [0.2, 0.25) is 0 Å². The molecule has 1 unspecified atom stereocenters. The number of nitrogens with zero attached hydrogens (tertiary/aromatic N) is 2. The molecule has 0 aliphatic rings. The number of aromatic nitrogens is 2. The number of hydrogen-bond acceptors (Lipinski definition) is 5. The SMILES string of the molecule is CCn1nc(C)c(N)c1C(=O)NCC(C)(O)CSC. The minimum atomic E-state index is -0.935. The third-order valence-electron chi connectivity index (χ3n) is 2.77. The van der Waals surface area contributed by atoms with Crippen LogP contribution >= 0.6 is 11.8 Å². The molecule has 4 N–H and O–H groups in total. The van der Waals surface area contributed by atoms with Crippen LogP contribution in [0.3, 0.4) is 0 Å². The van der Waals surface area contributed by atoms with Gasteiger partial charge in [-0.2, -0.15) is 16.9 Å². The summed E-state index contributed by atoms with van der Waals surface area (Å²) in [4.78, 5) is 12.1. The summed E-state index contributed by atoms with van der Waals surface area (Å²) in [7, 11) is 0. The first-order valence-corrected chi connectivity index (χ1v) is 7.54. The third kappa shape index (κ3) is 3.87. The van der Waals surface area contributed by atoms with Crippen LogP contribution in [0, 0.1) is 6.92 Å². The predicted molar refractivity (Wildman–Crippen MR) is 78.4 cm³/mol. The second-order valence-corrected chi connectivity index (χ2v) is 5.64. The summed E-state index contributed by atoms with van der Waals surface area (Å²) in [5.74, 6) is 0.246. The Morgan fingerprint density at radius 1 is 1.63 bits per heavy atom. The Hall–Kier alpha value is -1.21. The van der Waals surface area contributed by atoms with Gasteiger partial charge >= 0.3 is 0 Å². The predicted octanol–water partition coefficient (Wildman–Crippen LogP) is 0.637. The molecule has 0 saturated carbocycles. The maximum Gasteiger partial charge on any atom is 0.271 e. The lowest BCUT2D eigenvalue weighted by Crippen LogP contribution is -2.43. The van der Waals surface area contributed by atoms with E-state index < -0.39 is 5.60 Å². The Labute approximate surface area is 117 Å². The summed E-state index contributed by atoms with van der Waals surface area (Å²) in [5.41, 5.74) is 6.33. The van der Waals surface area contributed by atoms with E-state index in [0.29, 0.717) is 29.4 Å². The monoisotopic (exact) mass is 286 g/mol. The normalized spacial score (nSPS) is 14.2. The van der Waals surface area contributed by atoms with E-state index in [4.69, 9.17) is 5.73 Å². The molecule has 7 heteroatoms. The first kappa shape index (κ1) is 15.8. The van der Waals surface area contributed by atoms with Crippen molar-refractivity contribution in [3.8, 4) is 0 Å². The standard InChI is InChI=1S/C12H22N4O2S/c1-5-16-10(9(13)8(2)15-16)11(17)14-6-12(3,18)7-19-4/h18H,5-7,13H2,1-4H3,(H,14,17). The highest BCUT2D eigenvalue weighted by Crippen LogP contribution is 2.16. The number of amides is 1. The molecule has 1 aromatic heterocycles. The fourth-order valence-corrected chi connectivity index (χ4v) is 2.50. The zero-order chi connectivity index (χ0) is 14.6. The van der Waals surface area contributed by atoms with Crippen LogP contribution in [0.15, 0.2) is 0 Å². The van der Waals surface area contributed by atoms with E-state index in [-0.39, 0.29) is 12.5 Å². The molecule has 0 saturated heterocycles. The fraction of sp³-hybridized carbons (Fsp3) is 0.667. The molecule has 1 heterocycles. The minimum Gasteiger partial charge on any atom is -0.395 e. The van der Waals surface area contributed by atoms with E-state index in [1.165, 1.54) is 11.8 Å². The van der Waals surface area contributed by atoms with Gasteiger partial charge in [0.25, 0.3) is 5.91 Å². The maximum absolute atomic E-state index is 12.1. The van der Waals surface area contributed by atoms with Crippen molar-refractivity contribution in [2.24, 2.45) is 0 Å². The number of nitrogens with two attached hydrogens (primary N) is 1. The fourth-order valence-electron chi connectivity index (χ4n) is 1.78. The molecule has 6 nitrogen and oxygen atoms in total. The van der Waals surface area contributed by atoms with Gasteiger partial charge in [0.2, 0.25) is 0 Å². The topological polar surface area (TPSA) is 93.2 Å². The lowest BCUT2D eigenvalue weighted by Gasteiger charge is -2.22. The van der Waals surface area contributed by atoms with E-state index >= 15 is 0 Å². The molecule has 0 aliphatic heterocycles. The van der Waals surface area contributed by atoms with Crippen LogP contribution in [0.25, 0.3) is 0 Å². The average molecular weight is 286 g/mol. The van der Waals surface area contributed by atoms with Crippen LogP contribution in [0.4, 0.5) is 5.69 Å². The molecule has 19 heavy (non-hydrogen) atoms. The highest BCUT2D eigenvalue weighted by atomic mass is 32.2. The minimum absolute atomic E-state index is 0.181. The number of thioether (sulfide) groups is 1. The smallest absolute Gasteiger partial charge is 0.271 e. The first-order valence-electron chi connectivity index (χ1n) is 6.14. The third-order valence-corrected chi connectivity index (χ3v) is 3.68.